The summed E-state index contributed by atoms with van der Waals surface area (Å²) in [4.78, 5) is 31.1. The van der Waals surface area contributed by atoms with Gasteiger partial charge in [0.15, 0.2) is 5.78 Å². The summed E-state index contributed by atoms with van der Waals surface area (Å²) >= 11 is 0. The Kier molecular flexibility index (Phi) is 7.24. The van der Waals surface area contributed by atoms with Gasteiger partial charge in [-0.2, -0.15) is 5.21 Å². The Morgan fingerprint density at radius 2 is 1.74 bits per heavy atom. The smallest absolute Gasteiger partial charge is 0.277 e. The van der Waals surface area contributed by atoms with Crippen molar-refractivity contribution in [2.45, 2.75) is 60.0 Å². The molecule has 3 aromatic heterocycles. The minimum absolute atomic E-state index is 0.0120. The number of hydrogen-bond acceptors (Lipinski definition) is 6. The number of hydrogen-bond donors (Lipinski definition) is 1. The molecule has 5 aromatic rings. The van der Waals surface area contributed by atoms with E-state index in [4.69, 9.17) is 4.98 Å². The van der Waals surface area contributed by atoms with E-state index < -0.39 is 5.41 Å². The average Bonchev–Trinajstić information content (AvgIpc) is 3.58. The van der Waals surface area contributed by atoms with Crippen molar-refractivity contribution in [2.24, 2.45) is 5.41 Å². The molecule has 0 radical (unpaired) electrons. The number of imidazole rings is 1. The van der Waals surface area contributed by atoms with Crippen LogP contribution in [0.1, 0.15) is 51.9 Å². The summed E-state index contributed by atoms with van der Waals surface area (Å²) < 4.78 is 3.53. The largest absolute Gasteiger partial charge is 0.319 e. The Morgan fingerprint density at radius 3 is 2.41 bits per heavy atom. The molecule has 0 saturated heterocycles. The van der Waals surface area contributed by atoms with Crippen molar-refractivity contribution in [3.63, 3.8) is 0 Å². The minimum atomic E-state index is -0.523. The lowest BCUT2D eigenvalue weighted by Gasteiger charge is -2.17. The number of pyridine rings is 1. The summed E-state index contributed by atoms with van der Waals surface area (Å²) in [5.41, 5.74) is 4.47. The van der Waals surface area contributed by atoms with Gasteiger partial charge in [0.25, 0.3) is 5.56 Å². The number of H-pyrrole nitrogens is 1. The maximum atomic E-state index is 13.6. The maximum Gasteiger partial charge on any atom is 0.277 e. The first kappa shape index (κ1) is 26.2. The molecular formula is C30H33N7O2. The number of nitrogens with one attached hydrogen (secondary N) is 1. The lowest BCUT2D eigenvalue weighted by Crippen LogP contribution is -2.31. The molecule has 0 spiro atoms. The predicted molar refractivity (Wildman–Crippen MR) is 151 cm³/mol. The normalized spacial score (nSPS) is 11.8. The molecule has 0 aliphatic carbocycles. The number of ketones is 1. The lowest BCUT2D eigenvalue weighted by atomic mass is 9.91. The fourth-order valence-corrected chi connectivity index (χ4v) is 4.62. The maximum absolute atomic E-state index is 13.6. The van der Waals surface area contributed by atoms with Gasteiger partial charge in [0.05, 0.1) is 12.1 Å². The second-order valence-electron chi connectivity index (χ2n) is 10.9. The van der Waals surface area contributed by atoms with E-state index in [0.29, 0.717) is 23.4 Å². The number of carbonyl (C=O) groups is 1. The standard InChI is InChI=1S/C30H33N7O2/c1-5-6-11-26-31-24-16-17-36(19-25(38)30(2,3)4)29(39)27(24)37(26)18-20-12-14-21(15-13-20)22-9-7-8-10-23(22)28-32-34-35-33-28/h7-10,12-17H,5-6,11,18-19H2,1-4H3,(H,32,33,34,35). The molecule has 0 saturated carbocycles. The van der Waals surface area contributed by atoms with Crippen LogP contribution in [0.15, 0.2) is 65.6 Å². The number of benzene rings is 2. The zero-order chi connectivity index (χ0) is 27.6. The van der Waals surface area contributed by atoms with Gasteiger partial charge in [-0.1, -0.05) is 82.6 Å². The number of tetrazole rings is 1. The highest BCUT2D eigenvalue weighted by Gasteiger charge is 2.23. The number of aromatic amines is 1. The predicted octanol–water partition coefficient (Wildman–Crippen LogP) is 5.05. The van der Waals surface area contributed by atoms with Crippen LogP contribution in [-0.4, -0.2) is 40.5 Å². The van der Waals surface area contributed by atoms with E-state index in [1.165, 1.54) is 4.57 Å². The summed E-state index contributed by atoms with van der Waals surface area (Å²) in [6.07, 6.45) is 4.47. The average molecular weight is 524 g/mol. The van der Waals surface area contributed by atoms with Crippen molar-refractivity contribution in [2.75, 3.05) is 0 Å². The first-order chi connectivity index (χ1) is 18.8. The highest BCUT2D eigenvalue weighted by molar-refractivity contribution is 5.84. The molecular weight excluding hydrogens is 490 g/mol. The van der Waals surface area contributed by atoms with Crippen LogP contribution < -0.4 is 5.56 Å². The third-order valence-corrected chi connectivity index (χ3v) is 6.97. The number of unbranched alkanes of at least 4 members (excludes halogenated alkanes) is 1. The fourth-order valence-electron chi connectivity index (χ4n) is 4.62. The Labute approximate surface area is 226 Å². The van der Waals surface area contributed by atoms with E-state index in [0.717, 1.165) is 47.3 Å². The van der Waals surface area contributed by atoms with Gasteiger partial charge in [-0.3, -0.25) is 9.59 Å². The van der Waals surface area contributed by atoms with Gasteiger partial charge < -0.3 is 9.13 Å². The SMILES string of the molecule is CCCCc1nc2ccn(CC(=O)C(C)(C)C)c(=O)c2n1Cc1ccc(-c2ccccc2-c2nn[nH]n2)cc1. The van der Waals surface area contributed by atoms with E-state index in [1.807, 2.05) is 55.7 Å². The van der Waals surface area contributed by atoms with Crippen LogP contribution in [0.5, 0.6) is 0 Å². The van der Waals surface area contributed by atoms with Crippen LogP contribution in [0.3, 0.4) is 0 Å². The van der Waals surface area contributed by atoms with Gasteiger partial charge in [0, 0.05) is 30.1 Å². The molecule has 1 N–H and O–H groups in total. The second kappa shape index (κ2) is 10.8. The molecule has 200 valence electrons. The number of Topliss-reactive ketones (excluding diaryl/α,β-unsaturated/α-hetero) is 1. The number of aromatic nitrogens is 7. The molecule has 3 heterocycles. The van der Waals surface area contributed by atoms with Crippen molar-refractivity contribution in [3.8, 4) is 22.5 Å². The van der Waals surface area contributed by atoms with E-state index in [1.54, 1.807) is 6.20 Å². The van der Waals surface area contributed by atoms with Gasteiger partial charge in [0.2, 0.25) is 5.82 Å². The van der Waals surface area contributed by atoms with Crippen LogP contribution >= 0.6 is 0 Å². The fraction of sp³-hybridized carbons (Fsp3) is 0.333. The van der Waals surface area contributed by atoms with Crippen molar-refractivity contribution >= 4 is 16.8 Å². The molecule has 0 amide bonds. The topological polar surface area (TPSA) is 111 Å². The molecule has 9 nitrogen and oxygen atoms in total. The van der Waals surface area contributed by atoms with E-state index in [-0.39, 0.29) is 17.9 Å². The number of nitrogens with zero attached hydrogens (tertiary/aromatic N) is 6. The second-order valence-corrected chi connectivity index (χ2v) is 10.9. The van der Waals surface area contributed by atoms with Crippen molar-refractivity contribution in [1.82, 2.24) is 34.7 Å². The van der Waals surface area contributed by atoms with Crippen molar-refractivity contribution in [1.29, 1.82) is 0 Å². The van der Waals surface area contributed by atoms with Crippen LogP contribution in [-0.2, 0) is 24.3 Å². The number of carbonyl (C=O) groups excluding carboxylic acids is 1. The van der Waals surface area contributed by atoms with Gasteiger partial charge in [-0.05, 0) is 34.4 Å². The molecule has 0 aliphatic rings. The Morgan fingerprint density at radius 1 is 1.00 bits per heavy atom. The quantitative estimate of drug-likeness (QED) is 0.289. The lowest BCUT2D eigenvalue weighted by molar-refractivity contribution is -0.126. The van der Waals surface area contributed by atoms with E-state index >= 15 is 0 Å². The Balaban J connectivity index is 1.51. The molecule has 0 atom stereocenters. The molecule has 5 rings (SSSR count). The first-order valence-electron chi connectivity index (χ1n) is 13.3. The number of fused-ring (bicyclic) bond motifs is 1. The first-order valence-corrected chi connectivity index (χ1v) is 13.3. The molecule has 2 aromatic carbocycles. The number of aryl methyl sites for hydroxylation is 1. The highest BCUT2D eigenvalue weighted by atomic mass is 16.1. The van der Waals surface area contributed by atoms with Gasteiger partial charge in [-0.25, -0.2) is 4.98 Å². The molecule has 9 heteroatoms. The third kappa shape index (κ3) is 5.43. The zero-order valence-electron chi connectivity index (χ0n) is 22.8. The molecule has 0 unspecified atom stereocenters. The van der Waals surface area contributed by atoms with Crippen LogP contribution in [0.2, 0.25) is 0 Å². The third-order valence-electron chi connectivity index (χ3n) is 6.97. The van der Waals surface area contributed by atoms with Gasteiger partial charge in [-0.15, -0.1) is 10.2 Å². The monoisotopic (exact) mass is 523 g/mol. The van der Waals surface area contributed by atoms with Crippen LogP contribution in [0, 0.1) is 5.41 Å². The Hall–Kier alpha value is -4.40. The summed E-state index contributed by atoms with van der Waals surface area (Å²) in [5.74, 6) is 1.44. The molecule has 0 aliphatic heterocycles. The number of rotatable bonds is 9. The van der Waals surface area contributed by atoms with Crippen molar-refractivity contribution < 1.29 is 4.79 Å². The van der Waals surface area contributed by atoms with Crippen LogP contribution in [0.4, 0.5) is 0 Å². The zero-order valence-corrected chi connectivity index (χ0v) is 22.8. The van der Waals surface area contributed by atoms with Crippen LogP contribution in [0.25, 0.3) is 33.5 Å². The summed E-state index contributed by atoms with van der Waals surface area (Å²) in [5, 5.41) is 14.5. The summed E-state index contributed by atoms with van der Waals surface area (Å²) in [7, 11) is 0. The van der Waals surface area contributed by atoms with Crippen molar-refractivity contribution in [3.05, 3.63) is 82.5 Å². The summed E-state index contributed by atoms with van der Waals surface area (Å²) in [6.45, 7) is 8.31. The highest BCUT2D eigenvalue weighted by Crippen LogP contribution is 2.30. The Bertz CT molecular complexity index is 1660. The minimum Gasteiger partial charge on any atom is -0.319 e. The molecule has 39 heavy (non-hydrogen) atoms. The molecule has 0 fully saturated rings. The van der Waals surface area contributed by atoms with E-state index in [2.05, 4.69) is 51.8 Å². The van der Waals surface area contributed by atoms with E-state index in [9.17, 15) is 9.59 Å². The van der Waals surface area contributed by atoms with Gasteiger partial charge in [0.1, 0.15) is 11.3 Å². The molecule has 0 bridgehead atoms. The summed E-state index contributed by atoms with van der Waals surface area (Å²) in [6, 6.07) is 18.1. The van der Waals surface area contributed by atoms with Gasteiger partial charge >= 0.3 is 0 Å².